The fourth-order valence-electron chi connectivity index (χ4n) is 2.73. The first-order valence-corrected chi connectivity index (χ1v) is 8.61. The lowest BCUT2D eigenvalue weighted by Gasteiger charge is -2.11. The molecule has 2 N–H and O–H groups in total. The average molecular weight is 376 g/mol. The molecule has 0 saturated carbocycles. The number of aromatic carboxylic acids is 1. The van der Waals surface area contributed by atoms with Crippen molar-refractivity contribution in [1.82, 2.24) is 9.97 Å². The van der Waals surface area contributed by atoms with Gasteiger partial charge >= 0.3 is 5.97 Å². The Labute approximate surface area is 160 Å². The summed E-state index contributed by atoms with van der Waals surface area (Å²) in [4.78, 5) is 20.3. The summed E-state index contributed by atoms with van der Waals surface area (Å²) in [5, 5.41) is 13.8. The summed E-state index contributed by atoms with van der Waals surface area (Å²) in [6.07, 6.45) is 0. The Morgan fingerprint density at radius 3 is 2.30 bits per heavy atom. The van der Waals surface area contributed by atoms with Gasteiger partial charge in [-0.2, -0.15) is 0 Å². The van der Waals surface area contributed by atoms with Crippen molar-refractivity contribution in [2.24, 2.45) is 0 Å². The highest BCUT2D eigenvalue weighted by Gasteiger charge is 2.10. The molecule has 0 amide bonds. The van der Waals surface area contributed by atoms with Gasteiger partial charge in [0, 0.05) is 21.7 Å². The molecule has 0 spiro atoms. The molecule has 27 heavy (non-hydrogen) atoms. The van der Waals surface area contributed by atoms with Crippen LogP contribution in [0.15, 0.2) is 72.8 Å². The highest BCUT2D eigenvalue weighted by Crippen LogP contribution is 2.28. The number of aromatic nitrogens is 2. The monoisotopic (exact) mass is 375 g/mol. The maximum Gasteiger partial charge on any atom is 0.335 e. The highest BCUT2D eigenvalue weighted by atomic mass is 35.5. The summed E-state index contributed by atoms with van der Waals surface area (Å²) in [5.41, 5.74) is 2.64. The molecule has 0 aliphatic carbocycles. The third-order valence-corrected chi connectivity index (χ3v) is 4.35. The number of hydrogen-bond acceptors (Lipinski definition) is 4. The van der Waals surface area contributed by atoms with Gasteiger partial charge in [-0.05, 0) is 60.7 Å². The van der Waals surface area contributed by atoms with Gasteiger partial charge in [-0.25, -0.2) is 14.8 Å². The summed E-state index contributed by atoms with van der Waals surface area (Å²) in [7, 11) is 0. The second kappa shape index (κ2) is 7.05. The fourth-order valence-corrected chi connectivity index (χ4v) is 2.86. The van der Waals surface area contributed by atoms with E-state index in [9.17, 15) is 4.79 Å². The van der Waals surface area contributed by atoms with Crippen LogP contribution in [0.4, 0.5) is 11.5 Å². The Bertz CT molecular complexity index is 1130. The predicted molar refractivity (Wildman–Crippen MR) is 107 cm³/mol. The number of halogens is 1. The van der Waals surface area contributed by atoms with Crippen LogP contribution in [0, 0.1) is 0 Å². The first kappa shape index (κ1) is 17.0. The summed E-state index contributed by atoms with van der Waals surface area (Å²) < 4.78 is 0. The number of carboxylic acid groups (broad SMARTS) is 1. The van der Waals surface area contributed by atoms with Gasteiger partial charge in [-0.1, -0.05) is 23.7 Å². The fraction of sp³-hybridized carbons (Fsp3) is 0. The number of benzene rings is 3. The zero-order valence-electron chi connectivity index (χ0n) is 14.1. The Morgan fingerprint density at radius 2 is 1.59 bits per heavy atom. The molecule has 1 aromatic heterocycles. The molecule has 5 nitrogen and oxygen atoms in total. The number of para-hydroxylation sites is 1. The Hall–Kier alpha value is -3.44. The van der Waals surface area contributed by atoms with E-state index in [1.807, 2.05) is 36.4 Å². The second-order valence-corrected chi connectivity index (χ2v) is 6.36. The zero-order chi connectivity index (χ0) is 18.8. The van der Waals surface area contributed by atoms with Crippen LogP contribution in [0.1, 0.15) is 10.4 Å². The van der Waals surface area contributed by atoms with Crippen LogP contribution in [-0.2, 0) is 0 Å². The molecule has 0 fully saturated rings. The van der Waals surface area contributed by atoms with Crippen LogP contribution in [0.2, 0.25) is 5.02 Å². The number of fused-ring (bicyclic) bond motifs is 1. The quantitative estimate of drug-likeness (QED) is 0.500. The number of nitrogens with zero attached hydrogens (tertiary/aromatic N) is 2. The van der Waals surface area contributed by atoms with E-state index < -0.39 is 5.97 Å². The summed E-state index contributed by atoms with van der Waals surface area (Å²) in [6, 6.07) is 21.6. The minimum Gasteiger partial charge on any atom is -0.478 e. The van der Waals surface area contributed by atoms with Gasteiger partial charge in [0.15, 0.2) is 5.82 Å². The molecular weight excluding hydrogens is 362 g/mol. The number of hydrogen-bond donors (Lipinski definition) is 2. The molecule has 4 rings (SSSR count). The van der Waals surface area contributed by atoms with E-state index >= 15 is 0 Å². The molecule has 0 aliphatic rings. The Balaban J connectivity index is 1.78. The zero-order valence-corrected chi connectivity index (χ0v) is 14.8. The van der Waals surface area contributed by atoms with Crippen molar-refractivity contribution < 1.29 is 9.90 Å². The molecule has 0 atom stereocenters. The third-order valence-electron chi connectivity index (χ3n) is 4.10. The topological polar surface area (TPSA) is 75.1 Å². The predicted octanol–water partition coefficient (Wildman–Crippen LogP) is 5.39. The van der Waals surface area contributed by atoms with E-state index in [1.54, 1.807) is 36.4 Å². The van der Waals surface area contributed by atoms with E-state index in [0.717, 1.165) is 22.2 Å². The van der Waals surface area contributed by atoms with E-state index in [2.05, 4.69) is 15.3 Å². The lowest BCUT2D eigenvalue weighted by atomic mass is 10.1. The largest absolute Gasteiger partial charge is 0.478 e. The average Bonchev–Trinajstić information content (AvgIpc) is 2.69. The van der Waals surface area contributed by atoms with Crippen LogP contribution in [-0.4, -0.2) is 21.0 Å². The van der Waals surface area contributed by atoms with Crippen LogP contribution in [0.5, 0.6) is 0 Å². The van der Waals surface area contributed by atoms with Crippen molar-refractivity contribution in [2.75, 3.05) is 5.32 Å². The van der Waals surface area contributed by atoms with Gasteiger partial charge in [0.25, 0.3) is 0 Å². The molecule has 4 aromatic rings. The number of rotatable bonds is 4. The minimum atomic E-state index is -0.959. The molecule has 1 heterocycles. The second-order valence-electron chi connectivity index (χ2n) is 5.93. The van der Waals surface area contributed by atoms with Crippen molar-refractivity contribution in [3.8, 4) is 11.4 Å². The van der Waals surface area contributed by atoms with Crippen LogP contribution < -0.4 is 5.32 Å². The lowest BCUT2D eigenvalue weighted by Crippen LogP contribution is -2.00. The van der Waals surface area contributed by atoms with Crippen molar-refractivity contribution in [3.63, 3.8) is 0 Å². The smallest absolute Gasteiger partial charge is 0.335 e. The first-order chi connectivity index (χ1) is 13.1. The molecule has 6 heteroatoms. The number of carbonyl (C=O) groups is 1. The third kappa shape index (κ3) is 3.59. The van der Waals surface area contributed by atoms with E-state index in [0.29, 0.717) is 16.7 Å². The Kier molecular flexibility index (Phi) is 4.44. The van der Waals surface area contributed by atoms with Gasteiger partial charge in [-0.3, -0.25) is 0 Å². The molecular formula is C21H14ClN3O2. The highest BCUT2D eigenvalue weighted by molar-refractivity contribution is 6.30. The van der Waals surface area contributed by atoms with Crippen LogP contribution in [0.3, 0.4) is 0 Å². The lowest BCUT2D eigenvalue weighted by molar-refractivity contribution is 0.0697. The SMILES string of the molecule is O=C(O)c1ccc(Nc2nc(-c3ccc(Cl)cc3)nc3ccccc23)cc1. The molecule has 0 unspecified atom stereocenters. The summed E-state index contributed by atoms with van der Waals surface area (Å²) in [5.74, 6) is 0.266. The van der Waals surface area contributed by atoms with Crippen LogP contribution in [0.25, 0.3) is 22.3 Å². The van der Waals surface area contributed by atoms with Gasteiger partial charge in [0.05, 0.1) is 11.1 Å². The van der Waals surface area contributed by atoms with E-state index in [1.165, 1.54) is 0 Å². The van der Waals surface area contributed by atoms with Gasteiger partial charge in [-0.15, -0.1) is 0 Å². The number of anilines is 2. The van der Waals surface area contributed by atoms with Crippen molar-refractivity contribution >= 4 is 40.0 Å². The molecule has 0 saturated heterocycles. The van der Waals surface area contributed by atoms with Gasteiger partial charge < -0.3 is 10.4 Å². The maximum atomic E-state index is 11.0. The molecule has 0 aliphatic heterocycles. The first-order valence-electron chi connectivity index (χ1n) is 8.23. The van der Waals surface area contributed by atoms with Gasteiger partial charge in [0.2, 0.25) is 0 Å². The normalized spacial score (nSPS) is 10.7. The van der Waals surface area contributed by atoms with Gasteiger partial charge in [0.1, 0.15) is 5.82 Å². The van der Waals surface area contributed by atoms with E-state index in [4.69, 9.17) is 16.7 Å². The van der Waals surface area contributed by atoms with Crippen molar-refractivity contribution in [2.45, 2.75) is 0 Å². The summed E-state index contributed by atoms with van der Waals surface area (Å²) >= 11 is 5.97. The standard InChI is InChI=1S/C21H14ClN3O2/c22-15-9-5-13(6-10-15)19-24-18-4-2-1-3-17(18)20(25-19)23-16-11-7-14(8-12-16)21(26)27/h1-12H,(H,26,27)(H,23,24,25). The van der Waals surface area contributed by atoms with Crippen molar-refractivity contribution in [1.29, 1.82) is 0 Å². The maximum absolute atomic E-state index is 11.0. The van der Waals surface area contributed by atoms with Crippen molar-refractivity contribution in [3.05, 3.63) is 83.4 Å². The van der Waals surface area contributed by atoms with E-state index in [-0.39, 0.29) is 5.56 Å². The Morgan fingerprint density at radius 1 is 0.889 bits per heavy atom. The number of nitrogens with one attached hydrogen (secondary N) is 1. The molecule has 0 bridgehead atoms. The molecule has 3 aromatic carbocycles. The minimum absolute atomic E-state index is 0.231. The molecule has 0 radical (unpaired) electrons. The van der Waals surface area contributed by atoms with Crippen LogP contribution >= 0.6 is 11.6 Å². The number of carboxylic acids is 1. The molecule has 132 valence electrons. The summed E-state index contributed by atoms with van der Waals surface area (Å²) in [6.45, 7) is 0.